The van der Waals surface area contributed by atoms with E-state index in [4.69, 9.17) is 4.74 Å². The summed E-state index contributed by atoms with van der Waals surface area (Å²) in [4.78, 5) is 6.16. The Bertz CT molecular complexity index is 409. The van der Waals surface area contributed by atoms with Gasteiger partial charge in [0.05, 0.1) is 0 Å². The van der Waals surface area contributed by atoms with Crippen LogP contribution in [0.1, 0.15) is 12.0 Å². The summed E-state index contributed by atoms with van der Waals surface area (Å²) >= 11 is 0. The highest BCUT2D eigenvalue weighted by Crippen LogP contribution is 2.06. The fourth-order valence-corrected chi connectivity index (χ4v) is 1.79. The normalized spacial score (nSPS) is 11.5. The van der Waals surface area contributed by atoms with Gasteiger partial charge in [0.1, 0.15) is 5.82 Å². The molecule has 0 fully saturated rings. The Balaban J connectivity index is 2.47. The summed E-state index contributed by atoms with van der Waals surface area (Å²) < 4.78 is 18.1. The highest BCUT2D eigenvalue weighted by molar-refractivity contribution is 5.79. The molecule has 106 valence electrons. The van der Waals surface area contributed by atoms with Gasteiger partial charge in [0.15, 0.2) is 5.96 Å². The largest absolute Gasteiger partial charge is 0.385 e. The van der Waals surface area contributed by atoms with Gasteiger partial charge in [-0.05, 0) is 24.1 Å². The SMILES string of the molecule is CN=C(NCCCOC)N(C)Cc1cccc(F)c1. The number of ether oxygens (including phenoxy) is 1. The number of hydrogen-bond acceptors (Lipinski definition) is 2. The summed E-state index contributed by atoms with van der Waals surface area (Å²) in [6, 6.07) is 6.60. The minimum absolute atomic E-state index is 0.214. The summed E-state index contributed by atoms with van der Waals surface area (Å²) in [6.07, 6.45) is 0.920. The second kappa shape index (κ2) is 8.48. The molecule has 1 aromatic rings. The first-order chi connectivity index (χ1) is 9.17. The van der Waals surface area contributed by atoms with E-state index in [1.165, 1.54) is 12.1 Å². The predicted molar refractivity (Wildman–Crippen MR) is 75.7 cm³/mol. The van der Waals surface area contributed by atoms with E-state index in [0.717, 1.165) is 31.1 Å². The van der Waals surface area contributed by atoms with Gasteiger partial charge in [0.25, 0.3) is 0 Å². The van der Waals surface area contributed by atoms with E-state index < -0.39 is 0 Å². The maximum absolute atomic E-state index is 13.1. The van der Waals surface area contributed by atoms with Crippen molar-refractivity contribution in [3.63, 3.8) is 0 Å². The Morgan fingerprint density at radius 1 is 1.47 bits per heavy atom. The fourth-order valence-electron chi connectivity index (χ4n) is 1.79. The number of nitrogens with zero attached hydrogens (tertiary/aromatic N) is 2. The average Bonchev–Trinajstić information content (AvgIpc) is 2.38. The van der Waals surface area contributed by atoms with Gasteiger partial charge in [-0.25, -0.2) is 4.39 Å². The molecule has 0 saturated carbocycles. The molecule has 5 heteroatoms. The van der Waals surface area contributed by atoms with Gasteiger partial charge < -0.3 is 15.0 Å². The molecular weight excluding hydrogens is 245 g/mol. The van der Waals surface area contributed by atoms with Crippen molar-refractivity contribution >= 4 is 5.96 Å². The molecule has 1 N–H and O–H groups in total. The van der Waals surface area contributed by atoms with E-state index in [-0.39, 0.29) is 5.82 Å². The van der Waals surface area contributed by atoms with Crippen LogP contribution in [-0.2, 0) is 11.3 Å². The van der Waals surface area contributed by atoms with Crippen molar-refractivity contribution < 1.29 is 9.13 Å². The molecule has 0 atom stereocenters. The number of nitrogens with one attached hydrogen (secondary N) is 1. The van der Waals surface area contributed by atoms with E-state index in [1.54, 1.807) is 20.2 Å². The third kappa shape index (κ3) is 5.70. The summed E-state index contributed by atoms with van der Waals surface area (Å²) in [5, 5.41) is 3.24. The monoisotopic (exact) mass is 267 g/mol. The maximum Gasteiger partial charge on any atom is 0.193 e. The molecule has 1 aromatic carbocycles. The smallest absolute Gasteiger partial charge is 0.193 e. The quantitative estimate of drug-likeness (QED) is 0.486. The lowest BCUT2D eigenvalue weighted by atomic mass is 10.2. The lowest BCUT2D eigenvalue weighted by Gasteiger charge is -2.22. The zero-order valence-corrected chi connectivity index (χ0v) is 11.8. The van der Waals surface area contributed by atoms with Crippen molar-refractivity contribution in [3.8, 4) is 0 Å². The molecule has 0 saturated heterocycles. The van der Waals surface area contributed by atoms with Crippen molar-refractivity contribution in [1.29, 1.82) is 0 Å². The number of methoxy groups -OCH3 is 1. The summed E-state index contributed by atoms with van der Waals surface area (Å²) in [5.74, 6) is 0.578. The van der Waals surface area contributed by atoms with Crippen LogP contribution >= 0.6 is 0 Å². The number of aliphatic imine (C=N–C) groups is 1. The Labute approximate surface area is 114 Å². The predicted octanol–water partition coefficient (Wildman–Crippen LogP) is 1.87. The minimum atomic E-state index is -0.214. The zero-order valence-electron chi connectivity index (χ0n) is 11.8. The van der Waals surface area contributed by atoms with Crippen molar-refractivity contribution in [2.75, 3.05) is 34.4 Å². The van der Waals surface area contributed by atoms with E-state index in [1.807, 2.05) is 18.0 Å². The average molecular weight is 267 g/mol. The van der Waals surface area contributed by atoms with Gasteiger partial charge in [0, 0.05) is 40.9 Å². The molecule has 0 radical (unpaired) electrons. The first kappa shape index (κ1) is 15.4. The third-order valence-corrected chi connectivity index (χ3v) is 2.69. The topological polar surface area (TPSA) is 36.9 Å². The second-order valence-corrected chi connectivity index (χ2v) is 4.31. The van der Waals surface area contributed by atoms with Crippen LogP contribution in [-0.4, -0.2) is 45.2 Å². The van der Waals surface area contributed by atoms with Crippen LogP contribution in [0.15, 0.2) is 29.3 Å². The number of hydrogen-bond donors (Lipinski definition) is 1. The lowest BCUT2D eigenvalue weighted by Crippen LogP contribution is -2.39. The minimum Gasteiger partial charge on any atom is -0.385 e. The van der Waals surface area contributed by atoms with Gasteiger partial charge in [-0.1, -0.05) is 12.1 Å². The molecule has 0 aliphatic heterocycles. The van der Waals surface area contributed by atoms with Crippen LogP contribution in [0.3, 0.4) is 0 Å². The molecule has 0 aliphatic carbocycles. The molecule has 0 bridgehead atoms. The molecule has 0 amide bonds. The summed E-state index contributed by atoms with van der Waals surface area (Å²) in [5.41, 5.74) is 0.919. The van der Waals surface area contributed by atoms with Crippen LogP contribution in [0.2, 0.25) is 0 Å². The van der Waals surface area contributed by atoms with Gasteiger partial charge in [-0.15, -0.1) is 0 Å². The molecule has 19 heavy (non-hydrogen) atoms. The van der Waals surface area contributed by atoms with Gasteiger partial charge in [0.2, 0.25) is 0 Å². The molecule has 1 rings (SSSR count). The molecule has 0 aliphatic rings. The van der Waals surface area contributed by atoms with E-state index in [9.17, 15) is 4.39 Å². The van der Waals surface area contributed by atoms with E-state index >= 15 is 0 Å². The lowest BCUT2D eigenvalue weighted by molar-refractivity contribution is 0.195. The fraction of sp³-hybridized carbons (Fsp3) is 0.500. The number of guanidine groups is 1. The Kier molecular flexibility index (Phi) is 6.89. The van der Waals surface area contributed by atoms with Crippen molar-refractivity contribution in [2.45, 2.75) is 13.0 Å². The molecular formula is C14H22FN3O. The van der Waals surface area contributed by atoms with Crippen LogP contribution in [0.4, 0.5) is 4.39 Å². The molecule has 0 spiro atoms. The first-order valence-corrected chi connectivity index (χ1v) is 6.32. The third-order valence-electron chi connectivity index (χ3n) is 2.69. The van der Waals surface area contributed by atoms with Crippen LogP contribution in [0.25, 0.3) is 0 Å². The van der Waals surface area contributed by atoms with Crippen LogP contribution < -0.4 is 5.32 Å². The summed E-state index contributed by atoms with van der Waals surface area (Å²) in [7, 11) is 5.35. The number of rotatable bonds is 6. The maximum atomic E-state index is 13.1. The Morgan fingerprint density at radius 3 is 2.89 bits per heavy atom. The van der Waals surface area contributed by atoms with Crippen LogP contribution in [0.5, 0.6) is 0 Å². The van der Waals surface area contributed by atoms with E-state index in [0.29, 0.717) is 6.54 Å². The van der Waals surface area contributed by atoms with Crippen molar-refractivity contribution in [3.05, 3.63) is 35.6 Å². The standard InChI is InChI=1S/C14H22FN3O/c1-16-14(17-8-5-9-19-3)18(2)11-12-6-4-7-13(15)10-12/h4,6-7,10H,5,8-9,11H2,1-3H3,(H,16,17). The number of halogens is 1. The van der Waals surface area contributed by atoms with Gasteiger partial charge in [-0.2, -0.15) is 0 Å². The van der Waals surface area contributed by atoms with Crippen LogP contribution in [0, 0.1) is 5.82 Å². The highest BCUT2D eigenvalue weighted by atomic mass is 19.1. The highest BCUT2D eigenvalue weighted by Gasteiger charge is 2.06. The second-order valence-electron chi connectivity index (χ2n) is 4.31. The van der Waals surface area contributed by atoms with Crippen molar-refractivity contribution in [1.82, 2.24) is 10.2 Å². The summed E-state index contributed by atoms with van der Waals surface area (Å²) in [6.45, 7) is 2.13. The van der Waals surface area contributed by atoms with E-state index in [2.05, 4.69) is 10.3 Å². The first-order valence-electron chi connectivity index (χ1n) is 6.32. The number of benzene rings is 1. The van der Waals surface area contributed by atoms with Gasteiger partial charge in [-0.3, -0.25) is 4.99 Å². The Morgan fingerprint density at radius 2 is 2.26 bits per heavy atom. The molecule has 4 nitrogen and oxygen atoms in total. The molecule has 0 unspecified atom stereocenters. The Hall–Kier alpha value is -1.62. The van der Waals surface area contributed by atoms with Crippen molar-refractivity contribution in [2.24, 2.45) is 4.99 Å². The zero-order chi connectivity index (χ0) is 14.1. The van der Waals surface area contributed by atoms with Gasteiger partial charge >= 0.3 is 0 Å². The molecule has 0 heterocycles. The molecule has 0 aromatic heterocycles.